The monoisotopic (exact) mass is 345 g/mol. The first kappa shape index (κ1) is 17.0. The molecule has 1 saturated heterocycles. The van der Waals surface area contributed by atoms with E-state index in [1.54, 1.807) is 29.2 Å². The van der Waals surface area contributed by atoms with Gasteiger partial charge in [-0.1, -0.05) is 0 Å². The number of methoxy groups -OCH3 is 1. The molecular formula is C18H19NO6. The van der Waals surface area contributed by atoms with Gasteiger partial charge in [-0.2, -0.15) is 0 Å². The van der Waals surface area contributed by atoms with Crippen LogP contribution in [-0.4, -0.2) is 43.6 Å². The molecule has 132 valence electrons. The largest absolute Gasteiger partial charge is 0.484 e. The number of fused-ring (bicyclic) bond motifs is 1. The van der Waals surface area contributed by atoms with E-state index in [0.29, 0.717) is 24.4 Å². The Labute approximate surface area is 144 Å². The lowest BCUT2D eigenvalue weighted by atomic mass is 9.98. The first-order valence-corrected chi connectivity index (χ1v) is 8.09. The van der Waals surface area contributed by atoms with Gasteiger partial charge >= 0.3 is 11.6 Å². The summed E-state index contributed by atoms with van der Waals surface area (Å²) in [4.78, 5) is 36.8. The predicted octanol–water partition coefficient (Wildman–Crippen LogP) is 1.58. The molecule has 1 atom stereocenters. The number of ether oxygens (including phenoxy) is 2. The van der Waals surface area contributed by atoms with Gasteiger partial charge in [-0.15, -0.1) is 0 Å². The fraction of sp³-hybridized carbons (Fsp3) is 0.389. The molecule has 1 unspecified atom stereocenters. The molecule has 7 nitrogen and oxygen atoms in total. The summed E-state index contributed by atoms with van der Waals surface area (Å²) in [5.41, 5.74) is -0.0379. The third kappa shape index (κ3) is 3.99. The highest BCUT2D eigenvalue weighted by Gasteiger charge is 2.29. The van der Waals surface area contributed by atoms with Crippen LogP contribution < -0.4 is 10.4 Å². The topological polar surface area (TPSA) is 86.0 Å². The van der Waals surface area contributed by atoms with Gasteiger partial charge in [0.2, 0.25) is 0 Å². The van der Waals surface area contributed by atoms with E-state index in [9.17, 15) is 14.4 Å². The van der Waals surface area contributed by atoms with E-state index in [2.05, 4.69) is 0 Å². The highest BCUT2D eigenvalue weighted by atomic mass is 16.5. The third-order valence-corrected chi connectivity index (χ3v) is 4.27. The summed E-state index contributed by atoms with van der Waals surface area (Å²) in [6.07, 6.45) is 1.48. The van der Waals surface area contributed by atoms with Gasteiger partial charge in [0.1, 0.15) is 11.3 Å². The molecule has 0 spiro atoms. The van der Waals surface area contributed by atoms with Crippen molar-refractivity contribution >= 4 is 22.8 Å². The molecule has 0 bridgehead atoms. The molecule has 2 heterocycles. The number of hydrogen-bond donors (Lipinski definition) is 0. The lowest BCUT2D eigenvalue weighted by Gasteiger charge is -2.31. The second-order valence-electron chi connectivity index (χ2n) is 5.94. The van der Waals surface area contributed by atoms with E-state index in [4.69, 9.17) is 13.9 Å². The normalized spacial score (nSPS) is 17.3. The molecule has 25 heavy (non-hydrogen) atoms. The average Bonchev–Trinajstić information content (AvgIpc) is 2.65. The minimum Gasteiger partial charge on any atom is -0.484 e. The number of carbonyl (C=O) groups excluding carboxylic acids is 2. The summed E-state index contributed by atoms with van der Waals surface area (Å²) in [6, 6.07) is 8.06. The van der Waals surface area contributed by atoms with Crippen LogP contribution in [0.1, 0.15) is 12.8 Å². The standard InChI is InChI=1S/C18H19NO6/c1-23-18(22)13-3-2-8-19(10-13)16(20)11-24-14-6-4-12-5-7-17(21)25-15(12)9-14/h4-7,9,13H,2-3,8,10-11H2,1H3. The van der Waals surface area contributed by atoms with E-state index in [-0.39, 0.29) is 24.4 Å². The van der Waals surface area contributed by atoms with Gasteiger partial charge in [-0.3, -0.25) is 9.59 Å². The molecule has 0 radical (unpaired) electrons. The number of nitrogens with zero attached hydrogens (tertiary/aromatic N) is 1. The lowest BCUT2D eigenvalue weighted by Crippen LogP contribution is -2.44. The summed E-state index contributed by atoms with van der Waals surface area (Å²) in [7, 11) is 1.35. The van der Waals surface area contributed by atoms with Crippen molar-refractivity contribution in [2.75, 3.05) is 26.8 Å². The zero-order valence-electron chi connectivity index (χ0n) is 13.9. The van der Waals surface area contributed by atoms with Crippen LogP contribution >= 0.6 is 0 Å². The molecule has 7 heteroatoms. The average molecular weight is 345 g/mol. The number of rotatable bonds is 4. The molecule has 0 aliphatic carbocycles. The first-order chi connectivity index (χ1) is 12.1. The zero-order valence-corrected chi connectivity index (χ0v) is 13.9. The molecule has 1 aromatic heterocycles. The van der Waals surface area contributed by atoms with Crippen LogP contribution in [0.3, 0.4) is 0 Å². The molecular weight excluding hydrogens is 326 g/mol. The first-order valence-electron chi connectivity index (χ1n) is 8.09. The van der Waals surface area contributed by atoms with Crippen molar-refractivity contribution in [2.45, 2.75) is 12.8 Å². The van der Waals surface area contributed by atoms with E-state index in [1.807, 2.05) is 0 Å². The van der Waals surface area contributed by atoms with Crippen molar-refractivity contribution in [1.29, 1.82) is 0 Å². The SMILES string of the molecule is COC(=O)C1CCCN(C(=O)COc2ccc3ccc(=O)oc3c2)C1. The maximum atomic E-state index is 12.3. The van der Waals surface area contributed by atoms with Gasteiger partial charge < -0.3 is 18.8 Å². The molecule has 3 rings (SSSR count). The molecule has 2 aromatic rings. The van der Waals surface area contributed by atoms with E-state index in [1.165, 1.54) is 13.2 Å². The van der Waals surface area contributed by atoms with Crippen molar-refractivity contribution in [3.05, 3.63) is 40.8 Å². The van der Waals surface area contributed by atoms with Crippen LogP contribution in [0.2, 0.25) is 0 Å². The Kier molecular flexibility index (Phi) is 5.02. The fourth-order valence-electron chi connectivity index (χ4n) is 2.93. The Morgan fingerprint density at radius 3 is 2.88 bits per heavy atom. The van der Waals surface area contributed by atoms with Crippen molar-refractivity contribution in [3.8, 4) is 5.75 Å². The third-order valence-electron chi connectivity index (χ3n) is 4.27. The summed E-state index contributed by atoms with van der Waals surface area (Å²) >= 11 is 0. The van der Waals surface area contributed by atoms with Crippen molar-refractivity contribution in [3.63, 3.8) is 0 Å². The molecule has 1 fully saturated rings. The van der Waals surface area contributed by atoms with Gasteiger partial charge in [-0.05, 0) is 31.0 Å². The lowest BCUT2D eigenvalue weighted by molar-refractivity contribution is -0.149. The maximum absolute atomic E-state index is 12.3. The smallest absolute Gasteiger partial charge is 0.336 e. The Morgan fingerprint density at radius 1 is 1.28 bits per heavy atom. The summed E-state index contributed by atoms with van der Waals surface area (Å²) in [6.45, 7) is 0.806. The van der Waals surface area contributed by atoms with Gasteiger partial charge in [0.25, 0.3) is 5.91 Å². The zero-order chi connectivity index (χ0) is 17.8. The Hall–Kier alpha value is -2.83. The minimum absolute atomic E-state index is 0.142. The van der Waals surface area contributed by atoms with Crippen LogP contribution in [0.25, 0.3) is 11.0 Å². The summed E-state index contributed by atoms with van der Waals surface area (Å²) in [5.74, 6) is -0.319. The summed E-state index contributed by atoms with van der Waals surface area (Å²) in [5, 5.41) is 0.773. The number of carbonyl (C=O) groups is 2. The quantitative estimate of drug-likeness (QED) is 0.618. The molecule has 0 saturated carbocycles. The Morgan fingerprint density at radius 2 is 2.08 bits per heavy atom. The Bertz CT molecular complexity index is 843. The number of esters is 1. The van der Waals surface area contributed by atoms with E-state index >= 15 is 0 Å². The number of amides is 1. The van der Waals surface area contributed by atoms with Gasteiger partial charge in [-0.25, -0.2) is 4.79 Å². The van der Waals surface area contributed by atoms with Gasteiger partial charge in [0.05, 0.1) is 13.0 Å². The molecule has 0 N–H and O–H groups in total. The van der Waals surface area contributed by atoms with Crippen LogP contribution in [-0.2, 0) is 14.3 Å². The molecule has 1 aliphatic heterocycles. The van der Waals surface area contributed by atoms with Gasteiger partial charge in [0, 0.05) is 30.6 Å². The maximum Gasteiger partial charge on any atom is 0.336 e. The van der Waals surface area contributed by atoms with Crippen molar-refractivity contribution in [1.82, 2.24) is 4.90 Å². The molecule has 1 aromatic carbocycles. The highest BCUT2D eigenvalue weighted by molar-refractivity contribution is 5.80. The molecule has 1 amide bonds. The molecule has 1 aliphatic rings. The number of benzene rings is 1. The Balaban J connectivity index is 1.62. The van der Waals surface area contributed by atoms with Crippen molar-refractivity contribution < 1.29 is 23.5 Å². The van der Waals surface area contributed by atoms with Gasteiger partial charge in [0.15, 0.2) is 6.61 Å². The predicted molar refractivity (Wildman–Crippen MR) is 89.3 cm³/mol. The number of piperidine rings is 1. The van der Waals surface area contributed by atoms with Crippen LogP contribution in [0.15, 0.2) is 39.5 Å². The minimum atomic E-state index is -0.442. The van der Waals surface area contributed by atoms with Crippen LogP contribution in [0, 0.1) is 5.92 Å². The fourth-order valence-corrected chi connectivity index (χ4v) is 2.93. The van der Waals surface area contributed by atoms with Crippen LogP contribution in [0.4, 0.5) is 0 Å². The van der Waals surface area contributed by atoms with Crippen molar-refractivity contribution in [2.24, 2.45) is 5.92 Å². The summed E-state index contributed by atoms with van der Waals surface area (Å²) < 4.78 is 15.4. The second-order valence-corrected chi connectivity index (χ2v) is 5.94. The second kappa shape index (κ2) is 7.38. The van der Waals surface area contributed by atoms with E-state index < -0.39 is 5.63 Å². The number of likely N-dealkylation sites (tertiary alicyclic amines) is 1. The highest BCUT2D eigenvalue weighted by Crippen LogP contribution is 2.21. The van der Waals surface area contributed by atoms with E-state index in [0.717, 1.165) is 18.2 Å². The number of hydrogen-bond acceptors (Lipinski definition) is 6. The van der Waals surface area contributed by atoms with Crippen LogP contribution in [0.5, 0.6) is 5.75 Å².